The minimum absolute atomic E-state index is 0.133. The molecule has 3 nitrogen and oxygen atoms in total. The summed E-state index contributed by atoms with van der Waals surface area (Å²) in [4.78, 5) is 13.5. The van der Waals surface area contributed by atoms with Crippen molar-refractivity contribution in [2.75, 3.05) is 19.6 Å². The number of rotatable bonds is 7. The van der Waals surface area contributed by atoms with Crippen molar-refractivity contribution in [3.05, 3.63) is 11.6 Å². The Morgan fingerprint density at radius 1 is 1.47 bits per heavy atom. The Morgan fingerprint density at radius 3 is 2.40 bits per heavy atom. The van der Waals surface area contributed by atoms with Crippen molar-refractivity contribution in [1.29, 1.82) is 0 Å². The van der Waals surface area contributed by atoms with Gasteiger partial charge >= 0.3 is 0 Å². The van der Waals surface area contributed by atoms with Gasteiger partial charge in [0.05, 0.1) is 0 Å². The average Bonchev–Trinajstić information content (AvgIpc) is 2.16. The molecule has 0 aromatic rings. The van der Waals surface area contributed by atoms with Crippen LogP contribution >= 0.6 is 11.6 Å². The molecule has 1 atom stereocenters. The fourth-order valence-corrected chi connectivity index (χ4v) is 1.40. The zero-order chi connectivity index (χ0) is 11.8. The van der Waals surface area contributed by atoms with Crippen LogP contribution in [0.5, 0.6) is 0 Å². The van der Waals surface area contributed by atoms with Gasteiger partial charge in [-0.2, -0.15) is 0 Å². The molecular formula is C11H21ClN2O. The summed E-state index contributed by atoms with van der Waals surface area (Å²) in [5.41, 5.74) is 0. The van der Waals surface area contributed by atoms with E-state index in [2.05, 4.69) is 11.9 Å². The van der Waals surface area contributed by atoms with Crippen molar-refractivity contribution in [2.24, 2.45) is 0 Å². The number of hydrogen-bond acceptors (Lipinski definition) is 2. The van der Waals surface area contributed by atoms with Gasteiger partial charge in [0, 0.05) is 37.1 Å². The van der Waals surface area contributed by atoms with Crippen LogP contribution in [0.3, 0.4) is 0 Å². The number of amides is 1. The highest BCUT2D eigenvalue weighted by atomic mass is 35.5. The first-order valence-electron chi connectivity index (χ1n) is 5.35. The molecule has 0 bridgehead atoms. The number of carbonyl (C=O) groups excluding carboxylic acids is 1. The lowest BCUT2D eigenvalue weighted by molar-refractivity contribution is -0.131. The summed E-state index contributed by atoms with van der Waals surface area (Å²) in [5.74, 6) is 0.181. The van der Waals surface area contributed by atoms with Gasteiger partial charge in [-0.3, -0.25) is 4.79 Å². The average molecular weight is 233 g/mol. The summed E-state index contributed by atoms with van der Waals surface area (Å²) < 4.78 is 0. The van der Waals surface area contributed by atoms with Gasteiger partial charge in [0.2, 0.25) is 5.91 Å². The molecule has 0 heterocycles. The minimum Gasteiger partial charge on any atom is -0.343 e. The van der Waals surface area contributed by atoms with Crippen LogP contribution < -0.4 is 5.32 Å². The van der Waals surface area contributed by atoms with Crippen LogP contribution in [0.1, 0.15) is 27.2 Å². The third kappa shape index (κ3) is 6.52. The first-order valence-corrected chi connectivity index (χ1v) is 5.73. The lowest BCUT2D eigenvalue weighted by Crippen LogP contribution is -2.37. The predicted molar refractivity (Wildman–Crippen MR) is 65.0 cm³/mol. The lowest BCUT2D eigenvalue weighted by atomic mass is 10.2. The zero-order valence-corrected chi connectivity index (χ0v) is 10.6. The third-order valence-corrected chi connectivity index (χ3v) is 2.37. The molecule has 88 valence electrons. The van der Waals surface area contributed by atoms with Gasteiger partial charge in [-0.1, -0.05) is 18.2 Å². The van der Waals surface area contributed by atoms with E-state index < -0.39 is 0 Å². The van der Waals surface area contributed by atoms with Crippen molar-refractivity contribution in [2.45, 2.75) is 33.2 Å². The first kappa shape index (κ1) is 14.5. The van der Waals surface area contributed by atoms with Crippen LogP contribution in [-0.2, 0) is 4.79 Å². The Morgan fingerprint density at radius 2 is 2.00 bits per heavy atom. The van der Waals surface area contributed by atoms with Gasteiger partial charge in [-0.05, 0) is 20.8 Å². The monoisotopic (exact) mass is 232 g/mol. The fourth-order valence-electron chi connectivity index (χ4n) is 1.32. The van der Waals surface area contributed by atoms with Gasteiger partial charge in [-0.25, -0.2) is 0 Å². The second kappa shape index (κ2) is 7.71. The van der Waals surface area contributed by atoms with Crippen LogP contribution in [0.25, 0.3) is 0 Å². The minimum atomic E-state index is 0.133. The maximum atomic E-state index is 11.7. The van der Waals surface area contributed by atoms with Gasteiger partial charge in [-0.15, -0.1) is 0 Å². The van der Waals surface area contributed by atoms with E-state index in [0.717, 1.165) is 13.1 Å². The summed E-state index contributed by atoms with van der Waals surface area (Å²) in [5, 5.41) is 3.70. The maximum Gasteiger partial charge on any atom is 0.224 e. The quantitative estimate of drug-likeness (QED) is 0.728. The summed E-state index contributed by atoms with van der Waals surface area (Å²) in [7, 11) is 0. The Labute approximate surface area is 97.5 Å². The maximum absolute atomic E-state index is 11.7. The Hall–Kier alpha value is -0.540. The molecule has 4 heteroatoms. The fraction of sp³-hybridized carbons (Fsp3) is 0.727. The van der Waals surface area contributed by atoms with E-state index in [1.807, 2.05) is 25.7 Å². The molecule has 0 fully saturated rings. The molecule has 0 saturated heterocycles. The normalized spacial score (nSPS) is 12.3. The first-order chi connectivity index (χ1) is 7.01. The molecular weight excluding hydrogens is 212 g/mol. The van der Waals surface area contributed by atoms with Crippen LogP contribution in [0.4, 0.5) is 0 Å². The van der Waals surface area contributed by atoms with E-state index in [-0.39, 0.29) is 11.9 Å². The highest BCUT2D eigenvalue weighted by Gasteiger charge is 2.13. The van der Waals surface area contributed by atoms with Crippen molar-refractivity contribution in [1.82, 2.24) is 10.2 Å². The largest absolute Gasteiger partial charge is 0.343 e. The summed E-state index contributed by atoms with van der Waals surface area (Å²) >= 11 is 5.62. The molecule has 0 aromatic carbocycles. The van der Waals surface area contributed by atoms with E-state index in [0.29, 0.717) is 18.0 Å². The van der Waals surface area contributed by atoms with Gasteiger partial charge < -0.3 is 10.2 Å². The SMILES string of the molecule is C=C(Cl)CNC(C)CC(=O)N(CC)CC. The van der Waals surface area contributed by atoms with Crippen LogP contribution in [-0.4, -0.2) is 36.5 Å². The molecule has 1 amide bonds. The highest BCUT2D eigenvalue weighted by Crippen LogP contribution is 2.00. The summed E-state index contributed by atoms with van der Waals surface area (Å²) in [6.07, 6.45) is 0.506. The van der Waals surface area contributed by atoms with Crippen LogP contribution in [0.15, 0.2) is 11.6 Å². The third-order valence-electron chi connectivity index (χ3n) is 2.24. The number of nitrogens with zero attached hydrogens (tertiary/aromatic N) is 1. The molecule has 0 aliphatic carbocycles. The molecule has 0 rings (SSSR count). The van der Waals surface area contributed by atoms with Crippen molar-refractivity contribution < 1.29 is 4.79 Å². The van der Waals surface area contributed by atoms with Crippen molar-refractivity contribution in [3.8, 4) is 0 Å². The Kier molecular flexibility index (Phi) is 7.44. The topological polar surface area (TPSA) is 32.3 Å². The molecule has 1 unspecified atom stereocenters. The smallest absolute Gasteiger partial charge is 0.224 e. The molecule has 1 N–H and O–H groups in total. The summed E-state index contributed by atoms with van der Waals surface area (Å²) in [6.45, 7) is 11.6. The van der Waals surface area contributed by atoms with Crippen molar-refractivity contribution >= 4 is 17.5 Å². The van der Waals surface area contributed by atoms with E-state index in [4.69, 9.17) is 11.6 Å². The second-order valence-corrected chi connectivity index (χ2v) is 4.10. The predicted octanol–water partition coefficient (Wildman–Crippen LogP) is 1.98. The molecule has 0 aromatic heterocycles. The van der Waals surface area contributed by atoms with E-state index in [1.165, 1.54) is 0 Å². The van der Waals surface area contributed by atoms with Gasteiger partial charge in [0.1, 0.15) is 0 Å². The molecule has 15 heavy (non-hydrogen) atoms. The standard InChI is InChI=1S/C11H21ClN2O/c1-5-14(6-2)11(15)7-10(4)13-8-9(3)12/h10,13H,3,5-8H2,1-2,4H3. The van der Waals surface area contributed by atoms with Crippen LogP contribution in [0, 0.1) is 0 Å². The molecule has 0 radical (unpaired) electrons. The number of carbonyl (C=O) groups is 1. The molecule has 0 spiro atoms. The van der Waals surface area contributed by atoms with E-state index in [1.54, 1.807) is 0 Å². The zero-order valence-electron chi connectivity index (χ0n) is 9.85. The highest BCUT2D eigenvalue weighted by molar-refractivity contribution is 6.29. The van der Waals surface area contributed by atoms with Gasteiger partial charge in [0.25, 0.3) is 0 Å². The number of nitrogens with one attached hydrogen (secondary N) is 1. The van der Waals surface area contributed by atoms with E-state index in [9.17, 15) is 4.79 Å². The molecule has 0 aliphatic rings. The second-order valence-electron chi connectivity index (χ2n) is 3.57. The van der Waals surface area contributed by atoms with E-state index >= 15 is 0 Å². The van der Waals surface area contributed by atoms with Crippen molar-refractivity contribution in [3.63, 3.8) is 0 Å². The van der Waals surface area contributed by atoms with Crippen LogP contribution in [0.2, 0.25) is 0 Å². The Balaban J connectivity index is 3.89. The number of hydrogen-bond donors (Lipinski definition) is 1. The van der Waals surface area contributed by atoms with Gasteiger partial charge in [0.15, 0.2) is 0 Å². The lowest BCUT2D eigenvalue weighted by Gasteiger charge is -2.21. The number of halogens is 1. The molecule has 0 aliphatic heterocycles. The Bertz CT molecular complexity index is 215. The summed E-state index contributed by atoms with van der Waals surface area (Å²) in [6, 6.07) is 0.133. The molecule has 0 saturated carbocycles.